The SMILES string of the molecule is CNN.Cn1nc(C(F)(F)F)cc1-c1ccc(OCc2ccccc2)c(-c2ccc(Cl)c(C(F)(F)F)c2)c1O.O=c1cc(C(F)(F)F)oc2c(-c3ccc(Cl)c(C(F)(F)F)c3)c(OCc3ccccc3)ccc12. The van der Waals surface area contributed by atoms with E-state index in [9.17, 15) is 62.6 Å². The number of phenols is 1. The van der Waals surface area contributed by atoms with Gasteiger partial charge in [-0.05, 0) is 83.9 Å². The van der Waals surface area contributed by atoms with Gasteiger partial charge >= 0.3 is 24.7 Å². The van der Waals surface area contributed by atoms with Gasteiger partial charge in [0.1, 0.15) is 36.0 Å². The Morgan fingerprint density at radius 3 is 1.55 bits per heavy atom. The Morgan fingerprint density at radius 1 is 0.630 bits per heavy atom. The molecule has 6 aromatic carbocycles. The van der Waals surface area contributed by atoms with Crippen LogP contribution in [-0.2, 0) is 45.0 Å². The van der Waals surface area contributed by atoms with Crippen molar-refractivity contribution >= 4 is 34.2 Å². The third kappa shape index (κ3) is 13.3. The Bertz CT molecular complexity index is 3270. The predicted molar refractivity (Wildman–Crippen MR) is 248 cm³/mol. The first-order chi connectivity index (χ1) is 34.2. The van der Waals surface area contributed by atoms with Crippen molar-refractivity contribution in [3.63, 3.8) is 0 Å². The fraction of sp³-hybridized carbons (Fsp3) is 0.160. The quantitative estimate of drug-likeness (QED) is 0.0742. The van der Waals surface area contributed by atoms with Crippen molar-refractivity contribution in [3.05, 3.63) is 187 Å². The molecule has 0 saturated heterocycles. The topological polar surface area (TPSA) is 125 Å². The standard InChI is InChI=1S/C25H17ClF6N2O2.C24H13ClF6O3.CH6N2/c1-34-19(12-21(33-34)25(30,31)32)16-8-10-20(36-13-14-5-3-2-4-6-14)22(23(16)35)15-7-9-18(26)17(11-15)24(27,28)29;25-17-8-6-14(10-16(17)23(26,27)28)21-19(33-12-13-4-2-1-3-5-13)9-7-15-18(32)11-20(24(29,30)31)34-22(15)21;1-3-2/h2-12,35H,13H2,1H3;1-11H,12H2;3H,2H2,1H3. The molecular formula is C50H36Cl2F12N4O5. The molecule has 8 rings (SSSR count). The lowest BCUT2D eigenvalue weighted by Crippen LogP contribution is -2.13. The van der Waals surface area contributed by atoms with Crippen LogP contribution in [0.15, 0.2) is 143 Å². The number of nitrogens with two attached hydrogens (primary N) is 1. The highest BCUT2D eigenvalue weighted by Crippen LogP contribution is 2.48. The molecule has 0 aliphatic heterocycles. The van der Waals surface area contributed by atoms with Gasteiger partial charge in [-0.25, -0.2) is 0 Å². The number of hydrazine groups is 1. The summed E-state index contributed by atoms with van der Waals surface area (Å²) in [6.07, 6.45) is -19.3. The molecule has 0 saturated carbocycles. The number of hydrogen-bond acceptors (Lipinski definition) is 8. The maximum absolute atomic E-state index is 13.5. The van der Waals surface area contributed by atoms with E-state index < -0.39 is 74.1 Å². The summed E-state index contributed by atoms with van der Waals surface area (Å²) in [5.74, 6) is 2.38. The van der Waals surface area contributed by atoms with E-state index in [2.05, 4.69) is 16.4 Å². The van der Waals surface area contributed by atoms with Crippen molar-refractivity contribution in [2.45, 2.75) is 37.9 Å². The fourth-order valence-corrected chi connectivity index (χ4v) is 7.49. The van der Waals surface area contributed by atoms with Crippen LogP contribution in [0.25, 0.3) is 44.5 Å². The molecule has 23 heteroatoms. The number of benzene rings is 6. The largest absolute Gasteiger partial charge is 0.506 e. The summed E-state index contributed by atoms with van der Waals surface area (Å²) in [5, 5.41) is 13.2. The lowest BCUT2D eigenvalue weighted by Gasteiger charge is -2.18. The number of aryl methyl sites for hydroxylation is 1. The maximum Gasteiger partial charge on any atom is 0.449 e. The molecule has 2 heterocycles. The first-order valence-electron chi connectivity index (χ1n) is 20.8. The third-order valence-corrected chi connectivity index (χ3v) is 11.0. The summed E-state index contributed by atoms with van der Waals surface area (Å²) in [6.45, 7) is -0.0153. The minimum Gasteiger partial charge on any atom is -0.506 e. The van der Waals surface area contributed by atoms with Crippen LogP contribution in [-0.4, -0.2) is 21.9 Å². The van der Waals surface area contributed by atoms with Gasteiger partial charge in [0.05, 0.1) is 43.4 Å². The molecule has 384 valence electrons. The van der Waals surface area contributed by atoms with Crippen LogP contribution < -0.4 is 26.2 Å². The Kier molecular flexibility index (Phi) is 16.8. The lowest BCUT2D eigenvalue weighted by molar-refractivity contribution is -0.153. The van der Waals surface area contributed by atoms with Gasteiger partial charge in [-0.15, -0.1) is 0 Å². The van der Waals surface area contributed by atoms with Gasteiger partial charge in [0.15, 0.2) is 11.1 Å². The molecule has 9 nitrogen and oxygen atoms in total. The summed E-state index contributed by atoms with van der Waals surface area (Å²) in [6, 6.07) is 29.7. The van der Waals surface area contributed by atoms with Gasteiger partial charge in [0.2, 0.25) is 5.76 Å². The van der Waals surface area contributed by atoms with E-state index in [4.69, 9.17) is 37.1 Å². The normalized spacial score (nSPS) is 11.9. The zero-order valence-corrected chi connectivity index (χ0v) is 39.0. The number of phenolic OH excluding ortho intramolecular Hbond substituents is 1. The number of alkyl halides is 12. The van der Waals surface area contributed by atoms with Crippen LogP contribution >= 0.6 is 23.2 Å². The van der Waals surface area contributed by atoms with Crippen molar-refractivity contribution in [2.75, 3.05) is 7.05 Å². The van der Waals surface area contributed by atoms with Crippen LogP contribution in [0.1, 0.15) is 33.7 Å². The number of nitrogens with zero attached hydrogens (tertiary/aromatic N) is 2. The van der Waals surface area contributed by atoms with Crippen molar-refractivity contribution in [3.8, 4) is 50.8 Å². The number of aromatic hydroxyl groups is 1. The van der Waals surface area contributed by atoms with Gasteiger partial charge < -0.3 is 19.0 Å². The molecule has 0 amide bonds. The second-order valence-electron chi connectivity index (χ2n) is 15.4. The van der Waals surface area contributed by atoms with E-state index in [-0.39, 0.29) is 63.6 Å². The second kappa shape index (κ2) is 22.3. The zero-order valence-electron chi connectivity index (χ0n) is 37.5. The minimum absolute atomic E-state index is 0.0220. The molecule has 8 aromatic rings. The van der Waals surface area contributed by atoms with Gasteiger partial charge in [0, 0.05) is 18.7 Å². The van der Waals surface area contributed by atoms with E-state index in [1.165, 1.54) is 43.4 Å². The fourth-order valence-electron chi connectivity index (χ4n) is 7.04. The monoisotopic (exact) mass is 1070 g/mol. The number of rotatable bonds is 9. The van der Waals surface area contributed by atoms with Gasteiger partial charge in [-0.3, -0.25) is 20.7 Å². The van der Waals surface area contributed by atoms with Crippen molar-refractivity contribution in [1.29, 1.82) is 0 Å². The summed E-state index contributed by atoms with van der Waals surface area (Å²) in [4.78, 5) is 12.4. The van der Waals surface area contributed by atoms with E-state index in [1.807, 2.05) is 0 Å². The van der Waals surface area contributed by atoms with Crippen LogP contribution in [0.2, 0.25) is 10.0 Å². The number of halogens is 14. The Morgan fingerprint density at radius 2 is 1.10 bits per heavy atom. The Hall–Kier alpha value is -7.20. The van der Waals surface area contributed by atoms with Crippen molar-refractivity contribution in [1.82, 2.24) is 15.2 Å². The summed E-state index contributed by atoms with van der Waals surface area (Å²) >= 11 is 11.5. The van der Waals surface area contributed by atoms with E-state index in [0.29, 0.717) is 17.7 Å². The molecule has 0 aliphatic carbocycles. The van der Waals surface area contributed by atoms with Gasteiger partial charge in [-0.1, -0.05) is 96.0 Å². The average molecular weight is 1070 g/mol. The summed E-state index contributed by atoms with van der Waals surface area (Å²) in [7, 11) is 2.91. The molecule has 0 aliphatic rings. The molecule has 0 radical (unpaired) electrons. The Labute approximate surface area is 415 Å². The Balaban J connectivity index is 0.000000226. The minimum atomic E-state index is -5.00. The molecule has 0 unspecified atom stereocenters. The second-order valence-corrected chi connectivity index (χ2v) is 16.2. The molecule has 0 atom stereocenters. The first kappa shape index (κ1) is 55.1. The van der Waals surface area contributed by atoms with Crippen LogP contribution in [0, 0.1) is 0 Å². The molecule has 2 aromatic heterocycles. The van der Waals surface area contributed by atoms with E-state index in [1.54, 1.807) is 67.7 Å². The number of fused-ring (bicyclic) bond motifs is 1. The van der Waals surface area contributed by atoms with E-state index >= 15 is 0 Å². The first-order valence-corrected chi connectivity index (χ1v) is 21.6. The van der Waals surface area contributed by atoms with Gasteiger partial charge in [-0.2, -0.15) is 57.8 Å². The number of hydrogen-bond donors (Lipinski definition) is 3. The van der Waals surface area contributed by atoms with Crippen molar-refractivity contribution < 1.29 is 71.7 Å². The number of aromatic nitrogens is 2. The zero-order chi connectivity index (χ0) is 53.6. The molecule has 0 fully saturated rings. The smallest absolute Gasteiger partial charge is 0.449 e. The van der Waals surface area contributed by atoms with Crippen LogP contribution in [0.3, 0.4) is 0 Å². The maximum atomic E-state index is 13.5. The molecule has 0 bridgehead atoms. The van der Waals surface area contributed by atoms with Gasteiger partial charge in [0.25, 0.3) is 0 Å². The molecular weight excluding hydrogens is 1040 g/mol. The third-order valence-electron chi connectivity index (χ3n) is 10.3. The lowest BCUT2D eigenvalue weighted by atomic mass is 9.97. The summed E-state index contributed by atoms with van der Waals surface area (Å²) < 4.78 is 178. The van der Waals surface area contributed by atoms with Crippen molar-refractivity contribution in [2.24, 2.45) is 12.9 Å². The van der Waals surface area contributed by atoms with E-state index in [0.717, 1.165) is 34.5 Å². The van der Waals surface area contributed by atoms with Crippen LogP contribution in [0.4, 0.5) is 52.7 Å². The molecule has 0 spiro atoms. The molecule has 4 N–H and O–H groups in total. The highest BCUT2D eigenvalue weighted by atomic mass is 35.5. The predicted octanol–water partition coefficient (Wildman–Crippen LogP) is 14.5. The number of nitrogens with one attached hydrogen (secondary N) is 1. The highest BCUT2D eigenvalue weighted by Gasteiger charge is 2.38. The highest BCUT2D eigenvalue weighted by molar-refractivity contribution is 6.32. The summed E-state index contributed by atoms with van der Waals surface area (Å²) in [5.41, 5.74) is -2.21. The number of ether oxygens (including phenoxy) is 2. The van der Waals surface area contributed by atoms with Crippen LogP contribution in [0.5, 0.6) is 17.2 Å². The average Bonchev–Trinajstić information content (AvgIpc) is 3.72. The molecule has 73 heavy (non-hydrogen) atoms.